The van der Waals surface area contributed by atoms with E-state index in [0.717, 1.165) is 16.4 Å². The van der Waals surface area contributed by atoms with Crippen LogP contribution in [0.15, 0.2) is 61.7 Å². The first-order valence-corrected chi connectivity index (χ1v) is 12.5. The average molecular weight is 552 g/mol. The van der Waals surface area contributed by atoms with E-state index in [2.05, 4.69) is 36.6 Å². The van der Waals surface area contributed by atoms with Crippen molar-refractivity contribution in [2.24, 2.45) is 0 Å². The first kappa shape index (κ1) is 22.5. The summed E-state index contributed by atoms with van der Waals surface area (Å²) in [5.41, 5.74) is 2.60. The number of thiophene rings is 1. The second-order valence-electron chi connectivity index (χ2n) is 6.10. The molecule has 4 rings (SSSR count). The highest BCUT2D eigenvalue weighted by atomic mass is 79.9. The van der Waals surface area contributed by atoms with Crippen molar-refractivity contribution in [3.8, 4) is 5.75 Å². The minimum Gasteiger partial charge on any atom is -0.483 e. The lowest BCUT2D eigenvalue weighted by molar-refractivity contribution is -0.119. The lowest BCUT2D eigenvalue weighted by atomic mass is 10.3. The van der Waals surface area contributed by atoms with Crippen LogP contribution >= 0.6 is 50.4 Å². The van der Waals surface area contributed by atoms with E-state index in [1.165, 1.54) is 22.7 Å². The number of hydrogen-bond acceptors (Lipinski definition) is 9. The van der Waals surface area contributed by atoms with Crippen molar-refractivity contribution in [2.45, 2.75) is 5.16 Å². The molecule has 0 fully saturated rings. The summed E-state index contributed by atoms with van der Waals surface area (Å²) in [6.45, 7) is -0.313. The number of halogens is 1. The van der Waals surface area contributed by atoms with E-state index in [0.29, 0.717) is 25.6 Å². The summed E-state index contributed by atoms with van der Waals surface area (Å²) in [6, 6.07) is 8.82. The van der Waals surface area contributed by atoms with Crippen LogP contribution in [0.2, 0.25) is 0 Å². The Morgan fingerprint density at radius 3 is 2.78 bits per heavy atom. The molecule has 13 heteroatoms. The van der Waals surface area contributed by atoms with Crippen LogP contribution in [0.25, 0.3) is 10.2 Å². The maximum atomic E-state index is 12.9. The van der Waals surface area contributed by atoms with Crippen molar-refractivity contribution < 1.29 is 14.3 Å². The van der Waals surface area contributed by atoms with Crippen molar-refractivity contribution in [3.63, 3.8) is 0 Å². The Kier molecular flexibility index (Phi) is 7.19. The maximum absolute atomic E-state index is 12.9. The number of thioether (sulfide) groups is 1. The largest absolute Gasteiger partial charge is 0.483 e. The summed E-state index contributed by atoms with van der Waals surface area (Å²) in [5.74, 6) is -0.380. The Hall–Kier alpha value is -2.74. The molecular formula is C19H14BrN5O4S3. The van der Waals surface area contributed by atoms with Gasteiger partial charge in [-0.15, -0.1) is 22.7 Å². The van der Waals surface area contributed by atoms with Crippen LogP contribution in [0.5, 0.6) is 5.75 Å². The lowest BCUT2D eigenvalue weighted by Crippen LogP contribution is -2.37. The van der Waals surface area contributed by atoms with Crippen molar-refractivity contribution in [2.75, 3.05) is 23.1 Å². The van der Waals surface area contributed by atoms with Gasteiger partial charge in [0, 0.05) is 11.6 Å². The second-order valence-corrected chi connectivity index (χ2v) is 9.71. The predicted molar refractivity (Wildman–Crippen MR) is 129 cm³/mol. The van der Waals surface area contributed by atoms with E-state index >= 15 is 0 Å². The molecule has 3 heterocycles. The summed E-state index contributed by atoms with van der Waals surface area (Å²) in [7, 11) is 0. The smallest absolute Gasteiger partial charge is 0.291 e. The van der Waals surface area contributed by atoms with Crippen LogP contribution in [0.3, 0.4) is 0 Å². The van der Waals surface area contributed by atoms with Crippen LogP contribution in [-0.2, 0) is 9.59 Å². The highest BCUT2D eigenvalue weighted by molar-refractivity contribution is 9.10. The molecule has 0 saturated heterocycles. The molecule has 9 nitrogen and oxygen atoms in total. The summed E-state index contributed by atoms with van der Waals surface area (Å²) in [4.78, 5) is 46.1. The van der Waals surface area contributed by atoms with Crippen molar-refractivity contribution in [3.05, 3.63) is 62.1 Å². The molecule has 32 heavy (non-hydrogen) atoms. The van der Waals surface area contributed by atoms with Gasteiger partial charge in [0.25, 0.3) is 11.5 Å². The topological polar surface area (TPSA) is 115 Å². The van der Waals surface area contributed by atoms with Crippen molar-refractivity contribution >= 4 is 77.5 Å². The van der Waals surface area contributed by atoms with Crippen LogP contribution in [-0.4, -0.2) is 38.8 Å². The summed E-state index contributed by atoms with van der Waals surface area (Å²) in [6.07, 6.45) is 1.59. The van der Waals surface area contributed by atoms with E-state index in [1.54, 1.807) is 41.2 Å². The van der Waals surface area contributed by atoms with Gasteiger partial charge < -0.3 is 10.1 Å². The molecular weight excluding hydrogens is 538 g/mol. The van der Waals surface area contributed by atoms with E-state index in [4.69, 9.17) is 4.74 Å². The monoisotopic (exact) mass is 551 g/mol. The molecule has 2 N–H and O–H groups in total. The number of carbonyl (C=O) groups is 2. The number of thiazole rings is 1. The molecule has 3 aromatic heterocycles. The van der Waals surface area contributed by atoms with Gasteiger partial charge in [0.05, 0.1) is 15.7 Å². The third-order valence-corrected chi connectivity index (χ3v) is 7.07. The zero-order chi connectivity index (χ0) is 22.5. The number of rotatable bonds is 8. The SMILES string of the molecule is O=C(CSc1nc2ccsc2c(=O)n1NC(=O)COc1ccccc1Br)Nc1nccs1. The molecule has 0 aliphatic heterocycles. The Bertz CT molecular complexity index is 1320. The number of hydrogen-bond donors (Lipinski definition) is 2. The molecule has 0 saturated carbocycles. The van der Waals surface area contributed by atoms with Gasteiger partial charge in [-0.25, -0.2) is 9.97 Å². The number of benzene rings is 1. The fraction of sp³-hybridized carbons (Fsp3) is 0.105. The number of para-hydroxylation sites is 1. The normalized spacial score (nSPS) is 10.8. The Labute approximate surface area is 201 Å². The molecule has 4 aromatic rings. The number of amides is 2. The maximum Gasteiger partial charge on any atom is 0.291 e. The van der Waals surface area contributed by atoms with Crippen molar-refractivity contribution in [1.29, 1.82) is 0 Å². The van der Waals surface area contributed by atoms with E-state index in [-0.39, 0.29) is 23.4 Å². The van der Waals surface area contributed by atoms with E-state index < -0.39 is 11.5 Å². The number of fused-ring (bicyclic) bond motifs is 1. The zero-order valence-electron chi connectivity index (χ0n) is 16.1. The minimum absolute atomic E-state index is 0.0228. The van der Waals surface area contributed by atoms with Crippen LogP contribution in [0.4, 0.5) is 5.13 Å². The first-order chi connectivity index (χ1) is 15.5. The Morgan fingerprint density at radius 2 is 2.00 bits per heavy atom. The van der Waals surface area contributed by atoms with Gasteiger partial charge >= 0.3 is 0 Å². The highest BCUT2D eigenvalue weighted by Gasteiger charge is 2.17. The molecule has 0 spiro atoms. The van der Waals surface area contributed by atoms with E-state index in [1.807, 2.05) is 6.07 Å². The molecule has 0 aliphatic carbocycles. The number of anilines is 1. The lowest BCUT2D eigenvalue weighted by Gasteiger charge is -2.13. The van der Waals surface area contributed by atoms with Gasteiger partial charge in [-0.05, 0) is 39.5 Å². The third-order valence-electron chi connectivity index (χ3n) is 3.89. The summed E-state index contributed by atoms with van der Waals surface area (Å²) < 4.78 is 7.66. The van der Waals surface area contributed by atoms with Crippen LogP contribution < -0.4 is 21.0 Å². The molecule has 0 atom stereocenters. The number of nitrogens with one attached hydrogen (secondary N) is 2. The van der Waals surface area contributed by atoms with Gasteiger partial charge in [-0.2, -0.15) is 4.68 Å². The summed E-state index contributed by atoms with van der Waals surface area (Å²) >= 11 is 6.90. The highest BCUT2D eigenvalue weighted by Crippen LogP contribution is 2.24. The van der Waals surface area contributed by atoms with Crippen LogP contribution in [0, 0.1) is 0 Å². The number of ether oxygens (including phenoxy) is 1. The molecule has 0 unspecified atom stereocenters. The Morgan fingerprint density at radius 1 is 1.16 bits per heavy atom. The molecule has 1 aromatic carbocycles. The minimum atomic E-state index is -0.547. The van der Waals surface area contributed by atoms with Gasteiger partial charge in [-0.3, -0.25) is 19.8 Å². The fourth-order valence-electron chi connectivity index (χ4n) is 2.52. The van der Waals surface area contributed by atoms with Crippen LogP contribution in [0.1, 0.15) is 0 Å². The van der Waals surface area contributed by atoms with Gasteiger partial charge in [-0.1, -0.05) is 23.9 Å². The number of nitrogens with zero attached hydrogens (tertiary/aromatic N) is 3. The Balaban J connectivity index is 1.49. The van der Waals surface area contributed by atoms with Gasteiger partial charge in [0.15, 0.2) is 16.9 Å². The molecule has 2 amide bonds. The predicted octanol–water partition coefficient (Wildman–Crippen LogP) is 3.56. The molecule has 164 valence electrons. The average Bonchev–Trinajstić information content (AvgIpc) is 3.46. The number of aromatic nitrogens is 3. The zero-order valence-corrected chi connectivity index (χ0v) is 20.1. The first-order valence-electron chi connectivity index (χ1n) is 9.01. The van der Waals surface area contributed by atoms with Gasteiger partial charge in [0.1, 0.15) is 10.4 Å². The van der Waals surface area contributed by atoms with E-state index in [9.17, 15) is 14.4 Å². The fourth-order valence-corrected chi connectivity index (χ4v) is 4.98. The van der Waals surface area contributed by atoms with Crippen molar-refractivity contribution in [1.82, 2.24) is 14.6 Å². The molecule has 0 bridgehead atoms. The quantitative estimate of drug-likeness (QED) is 0.254. The second kappa shape index (κ2) is 10.3. The summed E-state index contributed by atoms with van der Waals surface area (Å²) in [5, 5.41) is 6.82. The third kappa shape index (κ3) is 5.35. The molecule has 0 aliphatic rings. The number of carbonyl (C=O) groups excluding carboxylic acids is 2. The standard InChI is InChI=1S/C19H14BrN5O4S3/c20-11-3-1-2-4-13(11)29-9-14(26)24-25-17(28)16-12(5-7-30-16)22-19(25)32-10-15(27)23-18-21-6-8-31-18/h1-8H,9-10H2,(H,24,26)(H,21,23,27). The molecule has 0 radical (unpaired) electrons. The van der Waals surface area contributed by atoms with Gasteiger partial charge in [0.2, 0.25) is 5.91 Å².